The number of benzene rings is 22. The molecular weight excluding hydrogens is 1570 g/mol. The number of hydrogen-bond donors (Lipinski definition) is 0. The molecule has 0 aliphatic rings. The van der Waals surface area contributed by atoms with E-state index in [9.17, 15) is 0 Å². The Bertz CT molecular complexity index is 9380. The number of hydrogen-bond acceptors (Lipinski definition) is 0. The van der Waals surface area contributed by atoms with Crippen molar-refractivity contribution in [1.82, 2.24) is 27.4 Å². The standard InChI is InChI=1S/C44H28N2.2C40H26N2/c1-2-13-34(14-3-1)45-40-17-9-8-16-37(40)38-27-39-43(28-42(38)45)46(41-25-22-31-11-6-7-15-36(31)44(39)41)35-23-20-30(21-24-35)33-19-18-29-10-4-5-12-32(29)26-33;1-3-12-27(13-4-1)29-15-11-18-31(24-29)42-37-23-22-28-14-7-8-19-32(28)40(37)35-25-34-33-20-9-10-21-36(33)41(38(34)26-39(35)42)30-16-5-2-6-17-30;1-3-11-27(12-4-1)28-19-22-31(23-20-28)42-37-24-21-29-13-7-8-16-32(29)40(37)35-25-34-33-17-9-10-18-36(33)41(38(34)26-39(35)42)30-14-5-2-6-15-30/h1-28H;2*1-26H. The molecule has 130 heavy (non-hydrogen) atoms. The normalized spacial score (nSPS) is 11.8. The number of para-hydroxylation sites is 6. The Morgan fingerprint density at radius 3 is 0.738 bits per heavy atom. The smallest absolute Gasteiger partial charge is 0.0562 e. The minimum atomic E-state index is 1.15. The monoisotopic (exact) mass is 1650 g/mol. The fourth-order valence-corrected chi connectivity index (χ4v) is 21.2. The first kappa shape index (κ1) is 74.1. The lowest BCUT2D eigenvalue weighted by atomic mass is 10.0. The maximum absolute atomic E-state index is 2.45. The van der Waals surface area contributed by atoms with Gasteiger partial charge in [0, 0.05) is 98.8 Å². The van der Waals surface area contributed by atoms with Gasteiger partial charge in [-0.15, -0.1) is 0 Å². The van der Waals surface area contributed by atoms with Gasteiger partial charge in [0.05, 0.1) is 66.2 Å². The number of fused-ring (bicyclic) bond motifs is 25. The van der Waals surface area contributed by atoms with E-state index in [-0.39, 0.29) is 0 Å². The van der Waals surface area contributed by atoms with Crippen molar-refractivity contribution in [3.8, 4) is 67.5 Å². The Balaban J connectivity index is 0.000000103. The van der Waals surface area contributed by atoms with Crippen molar-refractivity contribution < 1.29 is 0 Å². The average molecular weight is 1650 g/mol. The first-order chi connectivity index (χ1) is 64.5. The van der Waals surface area contributed by atoms with Crippen LogP contribution < -0.4 is 0 Å². The summed E-state index contributed by atoms with van der Waals surface area (Å²) in [5, 5.41) is 25.5. The average Bonchev–Trinajstić information content (AvgIpc) is 1.55. The Morgan fingerprint density at radius 1 is 0.100 bits per heavy atom. The third-order valence-corrected chi connectivity index (χ3v) is 27.0. The van der Waals surface area contributed by atoms with Gasteiger partial charge in [0.25, 0.3) is 0 Å². The van der Waals surface area contributed by atoms with Crippen LogP contribution in [0.3, 0.4) is 0 Å². The molecule has 22 aromatic carbocycles. The van der Waals surface area contributed by atoms with Crippen LogP contribution in [0.15, 0.2) is 485 Å². The molecule has 6 nitrogen and oxygen atoms in total. The molecule has 0 radical (unpaired) electrons. The molecule has 0 saturated carbocycles. The second-order valence-electron chi connectivity index (χ2n) is 34.2. The van der Waals surface area contributed by atoms with Gasteiger partial charge in [-0.1, -0.05) is 334 Å². The summed E-state index contributed by atoms with van der Waals surface area (Å²) >= 11 is 0. The van der Waals surface area contributed by atoms with Crippen molar-refractivity contribution in [1.29, 1.82) is 0 Å². The van der Waals surface area contributed by atoms with Crippen molar-refractivity contribution in [2.75, 3.05) is 0 Å². The van der Waals surface area contributed by atoms with Crippen LogP contribution in [0, 0.1) is 0 Å². The topological polar surface area (TPSA) is 29.6 Å². The maximum Gasteiger partial charge on any atom is 0.0562 e. The van der Waals surface area contributed by atoms with Gasteiger partial charge in [0.1, 0.15) is 0 Å². The highest BCUT2D eigenvalue weighted by Crippen LogP contribution is 2.48. The third-order valence-electron chi connectivity index (χ3n) is 27.0. The van der Waals surface area contributed by atoms with Crippen LogP contribution in [0.1, 0.15) is 0 Å². The van der Waals surface area contributed by atoms with Crippen LogP contribution in [0.25, 0.3) is 241 Å². The third kappa shape index (κ3) is 12.0. The lowest BCUT2D eigenvalue weighted by Gasteiger charge is -2.12. The first-order valence-corrected chi connectivity index (χ1v) is 44.8. The molecule has 6 aromatic heterocycles. The van der Waals surface area contributed by atoms with Gasteiger partial charge in [-0.2, -0.15) is 0 Å². The molecule has 6 heterocycles. The van der Waals surface area contributed by atoms with Gasteiger partial charge in [-0.05, 0) is 228 Å². The number of aromatic nitrogens is 6. The molecule has 0 bridgehead atoms. The summed E-state index contributed by atoms with van der Waals surface area (Å²) in [4.78, 5) is 0. The molecule has 606 valence electrons. The summed E-state index contributed by atoms with van der Waals surface area (Å²) in [6, 6.07) is 176. The van der Waals surface area contributed by atoms with Gasteiger partial charge >= 0.3 is 0 Å². The molecule has 0 aliphatic heterocycles. The Hall–Kier alpha value is -17.3. The van der Waals surface area contributed by atoms with E-state index in [0.29, 0.717) is 0 Å². The molecule has 0 atom stereocenters. The zero-order valence-corrected chi connectivity index (χ0v) is 70.9. The van der Waals surface area contributed by atoms with Crippen LogP contribution >= 0.6 is 0 Å². The minimum absolute atomic E-state index is 1.15. The Kier molecular flexibility index (Phi) is 17.2. The molecule has 0 spiro atoms. The molecule has 0 unspecified atom stereocenters. The van der Waals surface area contributed by atoms with Gasteiger partial charge in [0.2, 0.25) is 0 Å². The summed E-state index contributed by atoms with van der Waals surface area (Å²) < 4.78 is 14.6. The second-order valence-corrected chi connectivity index (χ2v) is 34.2. The van der Waals surface area contributed by atoms with Crippen LogP contribution in [0.2, 0.25) is 0 Å². The van der Waals surface area contributed by atoms with Crippen molar-refractivity contribution in [2.45, 2.75) is 0 Å². The zero-order valence-electron chi connectivity index (χ0n) is 70.9. The highest BCUT2D eigenvalue weighted by atomic mass is 15.0. The van der Waals surface area contributed by atoms with Crippen molar-refractivity contribution >= 4 is 174 Å². The van der Waals surface area contributed by atoms with Crippen molar-refractivity contribution in [3.05, 3.63) is 485 Å². The van der Waals surface area contributed by atoms with E-state index in [1.54, 1.807) is 0 Å². The lowest BCUT2D eigenvalue weighted by Crippen LogP contribution is -1.96. The molecule has 0 fully saturated rings. The lowest BCUT2D eigenvalue weighted by molar-refractivity contribution is 1.16. The van der Waals surface area contributed by atoms with Crippen LogP contribution in [0.5, 0.6) is 0 Å². The SMILES string of the molecule is c1ccc(-c2ccc(-n3c4cc5c(cc4c4c6ccccc6ccc43)c3ccccc3n5-c3ccccc3)cc2)cc1.c1ccc(-c2cccc(-n3c4cc5c(cc4c4c6ccccc6ccc43)c3ccccc3n5-c3ccccc3)c2)cc1.c1ccc(-n2c3ccccc3c3cc4c5c6ccccc6ccc5n(-c5ccc(-c6ccc7ccccc7c6)cc5)c4cc32)cc1. The highest BCUT2D eigenvalue weighted by Gasteiger charge is 2.26. The predicted octanol–water partition coefficient (Wildman–Crippen LogP) is 33.3. The van der Waals surface area contributed by atoms with E-state index >= 15 is 0 Å². The summed E-state index contributed by atoms with van der Waals surface area (Å²) in [5.41, 5.74) is 28.9. The van der Waals surface area contributed by atoms with Crippen LogP contribution in [-0.4, -0.2) is 27.4 Å². The van der Waals surface area contributed by atoms with E-state index in [2.05, 4.69) is 513 Å². The fraction of sp³-hybridized carbons (Fsp3) is 0. The van der Waals surface area contributed by atoms with Gasteiger partial charge in [-0.3, -0.25) is 0 Å². The zero-order chi connectivity index (χ0) is 85.4. The highest BCUT2D eigenvalue weighted by molar-refractivity contribution is 6.29. The summed E-state index contributed by atoms with van der Waals surface area (Å²) in [6.45, 7) is 0. The van der Waals surface area contributed by atoms with E-state index in [1.165, 1.54) is 224 Å². The van der Waals surface area contributed by atoms with Crippen molar-refractivity contribution in [3.63, 3.8) is 0 Å². The predicted molar refractivity (Wildman–Crippen MR) is 552 cm³/mol. The van der Waals surface area contributed by atoms with E-state index in [0.717, 1.165) is 17.1 Å². The summed E-state index contributed by atoms with van der Waals surface area (Å²) in [6.07, 6.45) is 0. The molecule has 28 rings (SSSR count). The number of nitrogens with zero attached hydrogens (tertiary/aromatic N) is 6. The Morgan fingerprint density at radius 2 is 0.346 bits per heavy atom. The molecular formula is C124H80N6. The minimum Gasteiger partial charge on any atom is -0.309 e. The number of rotatable bonds is 9. The van der Waals surface area contributed by atoms with Crippen molar-refractivity contribution in [2.24, 2.45) is 0 Å². The van der Waals surface area contributed by atoms with Gasteiger partial charge in [-0.25, -0.2) is 0 Å². The van der Waals surface area contributed by atoms with Gasteiger partial charge < -0.3 is 27.4 Å². The maximum atomic E-state index is 2.45. The molecule has 6 heteroatoms. The molecule has 28 aromatic rings. The second kappa shape index (κ2) is 30.2. The van der Waals surface area contributed by atoms with E-state index in [4.69, 9.17) is 0 Å². The molecule has 0 amide bonds. The molecule has 0 aliphatic carbocycles. The van der Waals surface area contributed by atoms with Crippen LogP contribution in [0.4, 0.5) is 0 Å². The largest absolute Gasteiger partial charge is 0.309 e. The summed E-state index contributed by atoms with van der Waals surface area (Å²) in [5.74, 6) is 0. The quantitative estimate of drug-likeness (QED) is 0.138. The Labute approximate surface area is 748 Å². The van der Waals surface area contributed by atoms with Gasteiger partial charge in [0.15, 0.2) is 0 Å². The van der Waals surface area contributed by atoms with Crippen LogP contribution in [-0.2, 0) is 0 Å². The fourth-order valence-electron chi connectivity index (χ4n) is 21.2. The van der Waals surface area contributed by atoms with E-state index < -0.39 is 0 Å². The summed E-state index contributed by atoms with van der Waals surface area (Å²) in [7, 11) is 0. The molecule has 0 N–H and O–H groups in total. The first-order valence-electron chi connectivity index (χ1n) is 44.8. The van der Waals surface area contributed by atoms with E-state index in [1.807, 2.05) is 0 Å². The molecule has 0 saturated heterocycles.